The van der Waals surface area contributed by atoms with Gasteiger partial charge in [-0.3, -0.25) is 4.79 Å². The van der Waals surface area contributed by atoms with Crippen LogP contribution in [-0.4, -0.2) is 29.9 Å². The predicted molar refractivity (Wildman–Crippen MR) is 63.9 cm³/mol. The van der Waals surface area contributed by atoms with Crippen LogP contribution in [0.2, 0.25) is 0 Å². The fourth-order valence-electron chi connectivity index (χ4n) is 2.33. The van der Waals surface area contributed by atoms with Crippen LogP contribution in [0.5, 0.6) is 0 Å². The molecule has 0 radical (unpaired) electrons. The van der Waals surface area contributed by atoms with E-state index >= 15 is 0 Å². The molecule has 0 bridgehead atoms. The summed E-state index contributed by atoms with van der Waals surface area (Å²) >= 11 is 0. The van der Waals surface area contributed by atoms with E-state index < -0.39 is 0 Å². The van der Waals surface area contributed by atoms with Crippen molar-refractivity contribution >= 4 is 5.91 Å². The third-order valence-corrected chi connectivity index (χ3v) is 3.21. The fourth-order valence-corrected chi connectivity index (χ4v) is 2.33. The van der Waals surface area contributed by atoms with Gasteiger partial charge in [0, 0.05) is 19.1 Å². The Labute approximate surface area is 100 Å². The lowest BCUT2D eigenvalue weighted by molar-refractivity contribution is -0.131. The molecule has 92 valence electrons. The summed E-state index contributed by atoms with van der Waals surface area (Å²) in [6, 6.07) is 6.35. The second-order valence-corrected chi connectivity index (χ2v) is 4.43. The molecule has 1 atom stereocenters. The number of carbonyl (C=O) groups is 1. The zero-order valence-corrected chi connectivity index (χ0v) is 9.73. The number of amides is 1. The van der Waals surface area contributed by atoms with E-state index in [1.165, 1.54) is 12.1 Å². The van der Waals surface area contributed by atoms with E-state index in [-0.39, 0.29) is 24.2 Å². The first kappa shape index (κ1) is 12.0. The van der Waals surface area contributed by atoms with Crippen molar-refractivity contribution < 1.29 is 9.18 Å². The molecule has 1 aliphatic heterocycles. The van der Waals surface area contributed by atoms with E-state index in [9.17, 15) is 9.18 Å². The number of hydrogen-bond donors (Lipinski definition) is 1. The molecule has 0 aliphatic carbocycles. The zero-order valence-electron chi connectivity index (χ0n) is 9.73. The van der Waals surface area contributed by atoms with Gasteiger partial charge in [-0.1, -0.05) is 12.1 Å². The Hall–Kier alpha value is -1.42. The molecule has 1 amide bonds. The first-order valence-corrected chi connectivity index (χ1v) is 5.94. The highest BCUT2D eigenvalue weighted by Crippen LogP contribution is 2.17. The number of rotatable bonds is 3. The number of carbonyl (C=O) groups excluding carboxylic acids is 1. The summed E-state index contributed by atoms with van der Waals surface area (Å²) in [4.78, 5) is 13.9. The summed E-state index contributed by atoms with van der Waals surface area (Å²) in [6.07, 6.45) is 2.25. The molecule has 1 aliphatic rings. The Morgan fingerprint density at radius 3 is 3.06 bits per heavy atom. The second-order valence-electron chi connectivity index (χ2n) is 4.43. The van der Waals surface area contributed by atoms with Gasteiger partial charge in [-0.25, -0.2) is 4.39 Å². The Kier molecular flexibility index (Phi) is 3.74. The lowest BCUT2D eigenvalue weighted by Gasteiger charge is -2.23. The van der Waals surface area contributed by atoms with Gasteiger partial charge in [0.1, 0.15) is 5.82 Å². The fraction of sp³-hybridized carbons (Fsp3) is 0.462. The third-order valence-electron chi connectivity index (χ3n) is 3.21. The van der Waals surface area contributed by atoms with Crippen LogP contribution in [0.1, 0.15) is 18.4 Å². The van der Waals surface area contributed by atoms with Gasteiger partial charge >= 0.3 is 0 Å². The molecule has 0 aromatic heterocycles. The normalized spacial score (nSPS) is 19.6. The summed E-state index contributed by atoms with van der Waals surface area (Å²) in [6.45, 7) is 1.28. The first-order valence-electron chi connectivity index (χ1n) is 5.94. The molecule has 1 aromatic rings. The number of hydrogen-bond acceptors (Lipinski definition) is 2. The van der Waals surface area contributed by atoms with Crippen LogP contribution < -0.4 is 5.73 Å². The van der Waals surface area contributed by atoms with Crippen molar-refractivity contribution in [2.24, 2.45) is 5.73 Å². The molecule has 0 saturated carbocycles. The number of benzene rings is 1. The van der Waals surface area contributed by atoms with E-state index in [2.05, 4.69) is 0 Å². The van der Waals surface area contributed by atoms with Crippen LogP contribution in [-0.2, 0) is 11.2 Å². The van der Waals surface area contributed by atoms with Crippen molar-refractivity contribution in [3.63, 3.8) is 0 Å². The molecule has 3 nitrogen and oxygen atoms in total. The van der Waals surface area contributed by atoms with Gasteiger partial charge in [-0.05, 0) is 30.5 Å². The quantitative estimate of drug-likeness (QED) is 0.860. The highest BCUT2D eigenvalue weighted by molar-refractivity contribution is 5.79. The molecule has 0 spiro atoms. The molecule has 1 fully saturated rings. The lowest BCUT2D eigenvalue weighted by atomic mass is 10.1. The first-order chi connectivity index (χ1) is 8.20. The summed E-state index contributed by atoms with van der Waals surface area (Å²) < 4.78 is 13.0. The predicted octanol–water partition coefficient (Wildman–Crippen LogP) is 1.32. The summed E-state index contributed by atoms with van der Waals surface area (Å²) in [5, 5.41) is 0. The lowest BCUT2D eigenvalue weighted by Crippen LogP contribution is -2.40. The van der Waals surface area contributed by atoms with E-state index in [0.29, 0.717) is 6.54 Å². The largest absolute Gasteiger partial charge is 0.338 e. The summed E-state index contributed by atoms with van der Waals surface area (Å²) in [5.74, 6) is -0.254. The van der Waals surface area contributed by atoms with Crippen LogP contribution in [0, 0.1) is 5.82 Å². The van der Waals surface area contributed by atoms with Gasteiger partial charge in [0.15, 0.2) is 0 Å². The number of nitrogens with zero attached hydrogens (tertiary/aromatic N) is 1. The molecule has 17 heavy (non-hydrogen) atoms. The highest BCUT2D eigenvalue weighted by atomic mass is 19.1. The standard InChI is InChI=1S/C13H17FN2O/c14-11-4-1-3-10(7-11)8-13(17)16-6-2-5-12(16)9-15/h1,3-4,7,12H,2,5-6,8-9,15H2. The molecule has 1 heterocycles. The van der Waals surface area contributed by atoms with Gasteiger partial charge in [-0.15, -0.1) is 0 Å². The maximum atomic E-state index is 13.0. The van der Waals surface area contributed by atoms with Crippen molar-refractivity contribution in [2.75, 3.05) is 13.1 Å². The van der Waals surface area contributed by atoms with Crippen LogP contribution >= 0.6 is 0 Å². The molecule has 1 aromatic carbocycles. The van der Waals surface area contributed by atoms with Gasteiger partial charge in [0.05, 0.1) is 6.42 Å². The van der Waals surface area contributed by atoms with Crippen LogP contribution in [0.15, 0.2) is 24.3 Å². The minimum absolute atomic E-state index is 0.0450. The van der Waals surface area contributed by atoms with Crippen molar-refractivity contribution in [3.8, 4) is 0 Å². The van der Waals surface area contributed by atoms with Gasteiger partial charge in [0.2, 0.25) is 5.91 Å². The SMILES string of the molecule is NCC1CCCN1C(=O)Cc1cccc(F)c1. The molecule has 1 unspecified atom stereocenters. The Bertz CT molecular complexity index is 408. The van der Waals surface area contributed by atoms with Crippen molar-refractivity contribution in [1.82, 2.24) is 4.90 Å². The topological polar surface area (TPSA) is 46.3 Å². The maximum absolute atomic E-state index is 13.0. The van der Waals surface area contributed by atoms with Crippen molar-refractivity contribution in [3.05, 3.63) is 35.6 Å². The maximum Gasteiger partial charge on any atom is 0.227 e. The van der Waals surface area contributed by atoms with E-state index in [0.717, 1.165) is 24.9 Å². The van der Waals surface area contributed by atoms with E-state index in [1.807, 2.05) is 4.90 Å². The molecular formula is C13H17FN2O. The monoisotopic (exact) mass is 236 g/mol. The zero-order chi connectivity index (χ0) is 12.3. The average Bonchev–Trinajstić information content (AvgIpc) is 2.77. The summed E-state index contributed by atoms with van der Waals surface area (Å²) in [7, 11) is 0. The van der Waals surface area contributed by atoms with Crippen LogP contribution in [0.3, 0.4) is 0 Å². The number of likely N-dealkylation sites (tertiary alicyclic amines) is 1. The minimum Gasteiger partial charge on any atom is -0.338 e. The second kappa shape index (κ2) is 5.27. The Balaban J connectivity index is 2.01. The summed E-state index contributed by atoms with van der Waals surface area (Å²) in [5.41, 5.74) is 6.35. The average molecular weight is 236 g/mol. The van der Waals surface area contributed by atoms with E-state index in [1.54, 1.807) is 12.1 Å². The molecular weight excluding hydrogens is 219 g/mol. The van der Waals surface area contributed by atoms with Crippen molar-refractivity contribution in [1.29, 1.82) is 0 Å². The minimum atomic E-state index is -0.299. The Morgan fingerprint density at radius 2 is 2.35 bits per heavy atom. The molecule has 4 heteroatoms. The number of nitrogens with two attached hydrogens (primary N) is 1. The third kappa shape index (κ3) is 2.82. The molecule has 1 saturated heterocycles. The number of halogens is 1. The van der Waals surface area contributed by atoms with Gasteiger partial charge in [-0.2, -0.15) is 0 Å². The van der Waals surface area contributed by atoms with E-state index in [4.69, 9.17) is 5.73 Å². The van der Waals surface area contributed by atoms with Crippen LogP contribution in [0.4, 0.5) is 4.39 Å². The molecule has 2 N–H and O–H groups in total. The van der Waals surface area contributed by atoms with Crippen molar-refractivity contribution in [2.45, 2.75) is 25.3 Å². The van der Waals surface area contributed by atoms with Gasteiger partial charge < -0.3 is 10.6 Å². The van der Waals surface area contributed by atoms with Crippen LogP contribution in [0.25, 0.3) is 0 Å². The smallest absolute Gasteiger partial charge is 0.227 e. The molecule has 2 rings (SSSR count). The Morgan fingerprint density at radius 1 is 1.53 bits per heavy atom. The van der Waals surface area contributed by atoms with Gasteiger partial charge in [0.25, 0.3) is 0 Å². The highest BCUT2D eigenvalue weighted by Gasteiger charge is 2.27.